The number of benzene rings is 1. The number of rotatable bonds is 7. The van der Waals surface area contributed by atoms with E-state index in [-0.39, 0.29) is 6.54 Å². The summed E-state index contributed by atoms with van der Waals surface area (Å²) in [6, 6.07) is 11.3. The Hall–Kier alpha value is -1.76. The molecule has 0 saturated heterocycles. The van der Waals surface area contributed by atoms with Gasteiger partial charge in [0.1, 0.15) is 5.75 Å². The van der Waals surface area contributed by atoms with Gasteiger partial charge in [0.15, 0.2) is 5.96 Å². The van der Waals surface area contributed by atoms with Gasteiger partial charge in [0, 0.05) is 18.5 Å². The van der Waals surface area contributed by atoms with E-state index in [1.807, 2.05) is 55.3 Å². The summed E-state index contributed by atoms with van der Waals surface area (Å²) in [5.74, 6) is 1.52. The van der Waals surface area contributed by atoms with Crippen molar-refractivity contribution in [3.63, 3.8) is 0 Å². The van der Waals surface area contributed by atoms with Crippen molar-refractivity contribution < 1.29 is 9.84 Å². The van der Waals surface area contributed by atoms with Gasteiger partial charge in [-0.15, -0.1) is 11.3 Å². The lowest BCUT2D eigenvalue weighted by Crippen LogP contribution is -2.38. The molecule has 1 aromatic carbocycles. The van der Waals surface area contributed by atoms with Crippen molar-refractivity contribution in [1.82, 2.24) is 10.2 Å². The van der Waals surface area contributed by atoms with E-state index in [1.54, 1.807) is 18.4 Å². The molecule has 0 radical (unpaired) electrons. The second-order valence-corrected chi connectivity index (χ2v) is 7.35. The molecular weight excluding hydrogens is 358 g/mol. The Morgan fingerprint density at radius 3 is 2.60 bits per heavy atom. The molecule has 0 amide bonds. The fourth-order valence-corrected chi connectivity index (χ4v) is 3.46. The predicted octanol–water partition coefficient (Wildman–Crippen LogP) is 3.54. The van der Waals surface area contributed by atoms with Crippen LogP contribution >= 0.6 is 22.9 Å². The summed E-state index contributed by atoms with van der Waals surface area (Å²) < 4.78 is 5.91. The fraction of sp³-hybridized carbons (Fsp3) is 0.389. The summed E-state index contributed by atoms with van der Waals surface area (Å²) in [5, 5.41) is 13.6. The summed E-state index contributed by atoms with van der Waals surface area (Å²) in [6.45, 7) is 3.77. The smallest absolute Gasteiger partial charge is 0.194 e. The monoisotopic (exact) mass is 381 g/mol. The highest BCUT2D eigenvalue weighted by Gasteiger charge is 2.11. The minimum absolute atomic E-state index is 0.282. The van der Waals surface area contributed by atoms with Gasteiger partial charge in [-0.25, -0.2) is 0 Å². The Morgan fingerprint density at radius 2 is 2.04 bits per heavy atom. The Morgan fingerprint density at radius 1 is 1.32 bits per heavy atom. The number of nitrogens with zero attached hydrogens (tertiary/aromatic N) is 2. The molecular formula is C18H24ClN3O2S. The summed E-state index contributed by atoms with van der Waals surface area (Å²) in [7, 11) is 3.59. The SMILES string of the molecule is CCNC(=NCC(O)c1ccc(OC)cc1)N(C)Cc1ccc(Cl)s1. The molecule has 136 valence electrons. The lowest BCUT2D eigenvalue weighted by Gasteiger charge is -2.22. The summed E-state index contributed by atoms with van der Waals surface area (Å²) in [4.78, 5) is 7.74. The number of hydrogen-bond donors (Lipinski definition) is 2. The third kappa shape index (κ3) is 5.92. The molecule has 1 aromatic heterocycles. The summed E-state index contributed by atoms with van der Waals surface area (Å²) >= 11 is 7.54. The van der Waals surface area contributed by atoms with Crippen molar-refractivity contribution in [1.29, 1.82) is 0 Å². The molecule has 0 saturated carbocycles. The number of aliphatic hydroxyl groups excluding tert-OH is 1. The van der Waals surface area contributed by atoms with E-state index in [2.05, 4.69) is 10.3 Å². The third-order valence-electron chi connectivity index (χ3n) is 3.63. The van der Waals surface area contributed by atoms with Crippen molar-refractivity contribution in [2.45, 2.75) is 19.6 Å². The van der Waals surface area contributed by atoms with Crippen LogP contribution < -0.4 is 10.1 Å². The number of guanidine groups is 1. The maximum absolute atomic E-state index is 10.4. The zero-order valence-electron chi connectivity index (χ0n) is 14.7. The number of halogens is 1. The predicted molar refractivity (Wildman–Crippen MR) is 105 cm³/mol. The van der Waals surface area contributed by atoms with Crippen LogP contribution in [0.2, 0.25) is 4.34 Å². The van der Waals surface area contributed by atoms with Gasteiger partial charge in [-0.2, -0.15) is 0 Å². The molecule has 0 fully saturated rings. The highest BCUT2D eigenvalue weighted by atomic mass is 35.5. The van der Waals surface area contributed by atoms with E-state index in [1.165, 1.54) is 0 Å². The molecule has 0 bridgehead atoms. The molecule has 25 heavy (non-hydrogen) atoms. The van der Waals surface area contributed by atoms with Gasteiger partial charge in [0.05, 0.1) is 30.6 Å². The minimum atomic E-state index is -0.663. The molecule has 0 aliphatic rings. The van der Waals surface area contributed by atoms with Crippen LogP contribution in [0.5, 0.6) is 5.75 Å². The van der Waals surface area contributed by atoms with Crippen LogP contribution in [-0.2, 0) is 6.54 Å². The Bertz CT molecular complexity index is 688. The molecule has 2 rings (SSSR count). The standard InChI is InChI=1S/C18H24ClN3O2S/c1-4-20-18(22(2)12-15-9-10-17(19)25-15)21-11-16(23)13-5-7-14(24-3)8-6-13/h5-10,16,23H,4,11-12H2,1-3H3,(H,20,21). The van der Waals surface area contributed by atoms with Crippen molar-refractivity contribution in [3.05, 3.63) is 51.2 Å². The largest absolute Gasteiger partial charge is 0.497 e. The fourth-order valence-electron chi connectivity index (χ4n) is 2.32. The van der Waals surface area contributed by atoms with Gasteiger partial charge in [-0.05, 0) is 36.8 Å². The number of hydrogen-bond acceptors (Lipinski definition) is 4. The number of ether oxygens (including phenoxy) is 1. The molecule has 1 unspecified atom stereocenters. The second-order valence-electron chi connectivity index (χ2n) is 5.55. The maximum atomic E-state index is 10.4. The van der Waals surface area contributed by atoms with Crippen molar-refractivity contribution in [2.24, 2.45) is 4.99 Å². The van der Waals surface area contributed by atoms with E-state index >= 15 is 0 Å². The molecule has 0 spiro atoms. The quantitative estimate of drug-likeness (QED) is 0.569. The molecule has 2 aromatic rings. The minimum Gasteiger partial charge on any atom is -0.497 e. The first-order valence-corrected chi connectivity index (χ1v) is 9.28. The highest BCUT2D eigenvalue weighted by Crippen LogP contribution is 2.22. The van der Waals surface area contributed by atoms with Gasteiger partial charge >= 0.3 is 0 Å². The van der Waals surface area contributed by atoms with E-state index in [9.17, 15) is 5.11 Å². The summed E-state index contributed by atoms with van der Waals surface area (Å²) in [6.07, 6.45) is -0.663. The van der Waals surface area contributed by atoms with Crippen LogP contribution in [0.25, 0.3) is 0 Å². The average molecular weight is 382 g/mol. The molecule has 7 heteroatoms. The highest BCUT2D eigenvalue weighted by molar-refractivity contribution is 7.16. The maximum Gasteiger partial charge on any atom is 0.194 e. The molecule has 0 aliphatic heterocycles. The van der Waals surface area contributed by atoms with E-state index in [0.29, 0.717) is 6.54 Å². The van der Waals surface area contributed by atoms with E-state index in [4.69, 9.17) is 16.3 Å². The van der Waals surface area contributed by atoms with E-state index < -0.39 is 6.10 Å². The van der Waals surface area contributed by atoms with Crippen LogP contribution in [0.1, 0.15) is 23.5 Å². The number of aliphatic hydroxyl groups is 1. The lowest BCUT2D eigenvalue weighted by atomic mass is 10.1. The van der Waals surface area contributed by atoms with Gasteiger partial charge in [0.25, 0.3) is 0 Å². The number of nitrogens with one attached hydrogen (secondary N) is 1. The van der Waals surface area contributed by atoms with Gasteiger partial charge < -0.3 is 20.1 Å². The van der Waals surface area contributed by atoms with Gasteiger partial charge in [0.2, 0.25) is 0 Å². The normalized spacial score (nSPS) is 12.8. The lowest BCUT2D eigenvalue weighted by molar-refractivity contribution is 0.186. The van der Waals surface area contributed by atoms with Crippen LogP contribution in [-0.4, -0.2) is 43.2 Å². The molecule has 0 aliphatic carbocycles. The number of methoxy groups -OCH3 is 1. The zero-order valence-corrected chi connectivity index (χ0v) is 16.3. The van der Waals surface area contributed by atoms with E-state index in [0.717, 1.165) is 33.0 Å². The molecule has 2 N–H and O–H groups in total. The first-order chi connectivity index (χ1) is 12.0. The Balaban J connectivity index is 2.01. The topological polar surface area (TPSA) is 57.1 Å². The van der Waals surface area contributed by atoms with Crippen LogP contribution in [0.15, 0.2) is 41.4 Å². The van der Waals surface area contributed by atoms with Crippen LogP contribution in [0, 0.1) is 0 Å². The van der Waals surface area contributed by atoms with Crippen LogP contribution in [0.3, 0.4) is 0 Å². The second kappa shape index (κ2) is 9.65. The zero-order chi connectivity index (χ0) is 18.2. The van der Waals surface area contributed by atoms with Gasteiger partial charge in [-0.3, -0.25) is 4.99 Å². The van der Waals surface area contributed by atoms with Gasteiger partial charge in [-0.1, -0.05) is 23.7 Å². The first-order valence-electron chi connectivity index (χ1n) is 8.09. The van der Waals surface area contributed by atoms with Crippen LogP contribution in [0.4, 0.5) is 0 Å². The molecule has 5 nitrogen and oxygen atoms in total. The number of aliphatic imine (C=N–C) groups is 1. The Labute approximate surface area is 157 Å². The first kappa shape index (κ1) is 19.6. The van der Waals surface area contributed by atoms with Crippen molar-refractivity contribution in [2.75, 3.05) is 27.2 Å². The molecule has 1 atom stereocenters. The number of thiophene rings is 1. The summed E-state index contributed by atoms with van der Waals surface area (Å²) in [5.41, 5.74) is 0.813. The average Bonchev–Trinajstić information content (AvgIpc) is 3.03. The third-order valence-corrected chi connectivity index (χ3v) is 4.85. The van der Waals surface area contributed by atoms with Crippen molar-refractivity contribution in [3.8, 4) is 5.75 Å². The Kier molecular flexibility index (Phi) is 7.55. The van der Waals surface area contributed by atoms with Crippen molar-refractivity contribution >= 4 is 28.9 Å². The molecule has 1 heterocycles.